The van der Waals surface area contributed by atoms with Crippen molar-refractivity contribution in [2.45, 2.75) is 39.0 Å². The number of thiophene rings is 1. The summed E-state index contributed by atoms with van der Waals surface area (Å²) in [7, 11) is 0. The number of benzene rings is 1. The van der Waals surface area contributed by atoms with Gasteiger partial charge < -0.3 is 5.32 Å². The van der Waals surface area contributed by atoms with Gasteiger partial charge in [-0.2, -0.15) is 0 Å². The molecule has 1 aromatic carbocycles. The molecule has 0 spiro atoms. The Bertz CT molecular complexity index is 647. The second-order valence-corrected chi connectivity index (χ2v) is 7.39. The third-order valence-corrected chi connectivity index (χ3v) is 5.63. The van der Waals surface area contributed by atoms with Gasteiger partial charge in [0.1, 0.15) is 0 Å². The topological polar surface area (TPSA) is 29.1 Å². The Morgan fingerprint density at radius 2 is 2.14 bits per heavy atom. The molecule has 2 nitrogen and oxygen atoms in total. The Balaban J connectivity index is 1.63. The van der Waals surface area contributed by atoms with Crippen LogP contribution in [-0.4, -0.2) is 12.5 Å². The molecule has 116 valence electrons. The highest BCUT2D eigenvalue weighted by Crippen LogP contribution is 2.32. The summed E-state index contributed by atoms with van der Waals surface area (Å²) in [6.07, 6.45) is 3.38. The number of hydrogen-bond donors (Lipinski definition) is 1. The number of carbonyl (C=O) groups is 1. The maximum atomic E-state index is 12.5. The van der Waals surface area contributed by atoms with Crippen LogP contribution < -0.4 is 5.32 Å². The molecule has 1 N–H and O–H groups in total. The van der Waals surface area contributed by atoms with Crippen molar-refractivity contribution < 1.29 is 4.79 Å². The Morgan fingerprint density at radius 1 is 1.36 bits per heavy atom. The molecule has 0 fully saturated rings. The minimum atomic E-state index is 0.0924. The van der Waals surface area contributed by atoms with Crippen LogP contribution in [0.1, 0.15) is 52.5 Å². The summed E-state index contributed by atoms with van der Waals surface area (Å²) in [5.41, 5.74) is 3.48. The fourth-order valence-corrected chi connectivity index (χ4v) is 4.35. The van der Waals surface area contributed by atoms with Crippen LogP contribution in [0.5, 0.6) is 0 Å². The molecule has 0 radical (unpaired) electrons. The molecule has 2 aromatic rings. The molecular formula is C19H23NOS. The van der Waals surface area contributed by atoms with E-state index in [2.05, 4.69) is 31.3 Å². The van der Waals surface area contributed by atoms with Gasteiger partial charge in [0, 0.05) is 16.8 Å². The maximum Gasteiger partial charge on any atom is 0.252 e. The van der Waals surface area contributed by atoms with E-state index in [1.807, 2.05) is 23.6 Å². The summed E-state index contributed by atoms with van der Waals surface area (Å²) in [4.78, 5) is 13.9. The average molecular weight is 313 g/mol. The molecule has 3 heteroatoms. The fourth-order valence-electron chi connectivity index (χ4n) is 3.11. The van der Waals surface area contributed by atoms with Crippen molar-refractivity contribution in [3.63, 3.8) is 0 Å². The van der Waals surface area contributed by atoms with Gasteiger partial charge in [-0.1, -0.05) is 44.2 Å². The lowest BCUT2D eigenvalue weighted by Crippen LogP contribution is -2.28. The maximum absolute atomic E-state index is 12.5. The van der Waals surface area contributed by atoms with Gasteiger partial charge in [0.2, 0.25) is 0 Å². The lowest BCUT2D eigenvalue weighted by atomic mass is 9.88. The van der Waals surface area contributed by atoms with Gasteiger partial charge in [-0.3, -0.25) is 4.79 Å². The second kappa shape index (κ2) is 6.66. The summed E-state index contributed by atoms with van der Waals surface area (Å²) in [5.74, 6) is 1.18. The number of rotatable bonds is 4. The SMILES string of the molecule is C[C@@H]1CCc2c(C(=O)NC[C@@H](C)c3ccccc3)csc2C1. The number of fused-ring (bicyclic) bond motifs is 1. The van der Waals surface area contributed by atoms with E-state index in [4.69, 9.17) is 0 Å². The summed E-state index contributed by atoms with van der Waals surface area (Å²) in [6, 6.07) is 10.3. The molecule has 22 heavy (non-hydrogen) atoms. The molecule has 0 saturated heterocycles. The average Bonchev–Trinajstić information content (AvgIpc) is 2.96. The van der Waals surface area contributed by atoms with E-state index in [0.717, 1.165) is 24.3 Å². The molecule has 0 saturated carbocycles. The Kier molecular flexibility index (Phi) is 4.63. The van der Waals surface area contributed by atoms with Crippen LogP contribution in [0.15, 0.2) is 35.7 Å². The predicted octanol–water partition coefficient (Wildman–Crippen LogP) is 4.41. The number of amides is 1. The van der Waals surface area contributed by atoms with E-state index < -0.39 is 0 Å². The van der Waals surface area contributed by atoms with Gasteiger partial charge in [-0.25, -0.2) is 0 Å². The predicted molar refractivity (Wildman–Crippen MR) is 92.7 cm³/mol. The molecule has 0 bridgehead atoms. The first kappa shape index (κ1) is 15.3. The van der Waals surface area contributed by atoms with Crippen LogP contribution in [-0.2, 0) is 12.8 Å². The van der Waals surface area contributed by atoms with Crippen molar-refractivity contribution in [1.29, 1.82) is 0 Å². The number of nitrogens with one attached hydrogen (secondary N) is 1. The molecule has 1 aliphatic rings. The van der Waals surface area contributed by atoms with E-state index in [9.17, 15) is 4.79 Å². The van der Waals surface area contributed by atoms with Crippen LogP contribution in [0.25, 0.3) is 0 Å². The van der Waals surface area contributed by atoms with Crippen molar-refractivity contribution in [3.8, 4) is 0 Å². The minimum absolute atomic E-state index is 0.0924. The van der Waals surface area contributed by atoms with E-state index in [-0.39, 0.29) is 5.91 Å². The monoisotopic (exact) mass is 313 g/mol. The van der Waals surface area contributed by atoms with Crippen LogP contribution in [0.3, 0.4) is 0 Å². The van der Waals surface area contributed by atoms with Crippen molar-refractivity contribution in [2.75, 3.05) is 6.54 Å². The largest absolute Gasteiger partial charge is 0.351 e. The van der Waals surface area contributed by atoms with Gasteiger partial charge in [0.05, 0.1) is 5.56 Å². The van der Waals surface area contributed by atoms with E-state index in [1.165, 1.54) is 22.4 Å². The van der Waals surface area contributed by atoms with E-state index in [0.29, 0.717) is 12.5 Å². The summed E-state index contributed by atoms with van der Waals surface area (Å²) < 4.78 is 0. The zero-order valence-corrected chi connectivity index (χ0v) is 14.1. The van der Waals surface area contributed by atoms with Crippen molar-refractivity contribution in [3.05, 3.63) is 57.3 Å². The highest BCUT2D eigenvalue weighted by atomic mass is 32.1. The lowest BCUT2D eigenvalue weighted by Gasteiger charge is -2.19. The van der Waals surface area contributed by atoms with Gasteiger partial charge in [0.15, 0.2) is 0 Å². The Morgan fingerprint density at radius 3 is 2.91 bits per heavy atom. The van der Waals surface area contributed by atoms with Gasteiger partial charge >= 0.3 is 0 Å². The molecule has 1 aliphatic carbocycles. The quantitative estimate of drug-likeness (QED) is 0.890. The lowest BCUT2D eigenvalue weighted by molar-refractivity contribution is 0.0951. The zero-order chi connectivity index (χ0) is 15.5. The first-order valence-electron chi connectivity index (χ1n) is 8.07. The molecule has 3 rings (SSSR count). The smallest absolute Gasteiger partial charge is 0.252 e. The minimum Gasteiger partial charge on any atom is -0.351 e. The normalized spacial score (nSPS) is 18.5. The van der Waals surface area contributed by atoms with Gasteiger partial charge in [-0.15, -0.1) is 11.3 Å². The molecule has 1 aromatic heterocycles. The van der Waals surface area contributed by atoms with E-state index >= 15 is 0 Å². The number of carbonyl (C=O) groups excluding carboxylic acids is 1. The third kappa shape index (κ3) is 3.25. The summed E-state index contributed by atoms with van der Waals surface area (Å²) in [6.45, 7) is 5.13. The second-order valence-electron chi connectivity index (χ2n) is 6.42. The third-order valence-electron chi connectivity index (χ3n) is 4.58. The van der Waals surface area contributed by atoms with Crippen LogP contribution in [0, 0.1) is 5.92 Å². The standard InChI is InChI=1S/C19H23NOS/c1-13-8-9-16-17(12-22-18(16)10-13)19(21)20-11-14(2)15-6-4-3-5-7-15/h3-7,12-14H,8-11H2,1-2H3,(H,20,21)/t13-,14-/m1/s1. The molecule has 2 atom stereocenters. The summed E-state index contributed by atoms with van der Waals surface area (Å²) in [5, 5.41) is 5.16. The number of hydrogen-bond acceptors (Lipinski definition) is 2. The first-order chi connectivity index (χ1) is 10.6. The molecule has 1 amide bonds. The Hall–Kier alpha value is -1.61. The molecular weight excluding hydrogens is 290 g/mol. The van der Waals surface area contributed by atoms with Crippen molar-refractivity contribution in [1.82, 2.24) is 5.32 Å². The molecule has 0 aliphatic heterocycles. The Labute approximate surface area is 136 Å². The van der Waals surface area contributed by atoms with Crippen molar-refractivity contribution >= 4 is 17.2 Å². The fraction of sp³-hybridized carbons (Fsp3) is 0.421. The molecule has 1 heterocycles. The summed E-state index contributed by atoms with van der Waals surface area (Å²) >= 11 is 1.75. The van der Waals surface area contributed by atoms with Crippen LogP contribution in [0.4, 0.5) is 0 Å². The zero-order valence-electron chi connectivity index (χ0n) is 13.3. The van der Waals surface area contributed by atoms with Gasteiger partial charge in [0.25, 0.3) is 5.91 Å². The highest BCUT2D eigenvalue weighted by Gasteiger charge is 2.23. The highest BCUT2D eigenvalue weighted by molar-refractivity contribution is 7.10. The molecule has 0 unspecified atom stereocenters. The first-order valence-corrected chi connectivity index (χ1v) is 8.95. The van der Waals surface area contributed by atoms with Crippen LogP contribution in [0.2, 0.25) is 0 Å². The van der Waals surface area contributed by atoms with Gasteiger partial charge in [-0.05, 0) is 42.2 Å². The van der Waals surface area contributed by atoms with E-state index in [1.54, 1.807) is 11.3 Å². The van der Waals surface area contributed by atoms with Crippen LogP contribution >= 0.6 is 11.3 Å². The van der Waals surface area contributed by atoms with Crippen molar-refractivity contribution in [2.24, 2.45) is 5.92 Å².